The smallest absolute Gasteiger partial charge is 0.271 e. The number of aromatic nitrogens is 2. The van der Waals surface area contributed by atoms with E-state index < -0.39 is 0 Å². The molecule has 1 N–H and O–H groups in total. The van der Waals surface area contributed by atoms with E-state index >= 15 is 0 Å². The maximum Gasteiger partial charge on any atom is 0.271 e. The Balaban J connectivity index is 1.72. The average molecular weight is 362 g/mol. The number of hydrogen-bond donors (Lipinski definition) is 1. The normalized spacial score (nSPS) is 11.0. The van der Waals surface area contributed by atoms with Gasteiger partial charge in [-0.25, -0.2) is 0 Å². The number of rotatable bonds is 3. The molecule has 114 valence electrons. The van der Waals surface area contributed by atoms with E-state index in [2.05, 4.69) is 15.5 Å². The van der Waals surface area contributed by atoms with E-state index in [0.717, 1.165) is 21.1 Å². The van der Waals surface area contributed by atoms with Gasteiger partial charge in [-0.3, -0.25) is 0 Å². The molecule has 7 heteroatoms. The van der Waals surface area contributed by atoms with Gasteiger partial charge in [0, 0.05) is 16.3 Å². The Hall–Kier alpha value is -2.08. The predicted molar refractivity (Wildman–Crippen MR) is 94.9 cm³/mol. The topological polar surface area (TPSA) is 51.0 Å². The molecule has 0 spiro atoms. The van der Waals surface area contributed by atoms with Crippen molar-refractivity contribution in [3.8, 4) is 11.3 Å². The Kier molecular flexibility index (Phi) is 3.69. The van der Waals surface area contributed by atoms with Crippen LogP contribution >= 0.6 is 34.5 Å². The van der Waals surface area contributed by atoms with Gasteiger partial charge in [-0.1, -0.05) is 57.9 Å². The van der Waals surface area contributed by atoms with Gasteiger partial charge in [0.2, 0.25) is 0 Å². The van der Waals surface area contributed by atoms with Crippen molar-refractivity contribution in [1.29, 1.82) is 0 Å². The second kappa shape index (κ2) is 5.85. The predicted octanol–water partition coefficient (Wildman–Crippen LogP) is 6.00. The maximum absolute atomic E-state index is 6.24. The van der Waals surface area contributed by atoms with Crippen molar-refractivity contribution in [3.63, 3.8) is 0 Å². The molecule has 0 aliphatic heterocycles. The summed E-state index contributed by atoms with van der Waals surface area (Å²) in [5.41, 5.74) is 2.92. The maximum atomic E-state index is 6.24. The fourth-order valence-corrected chi connectivity index (χ4v) is 3.44. The highest BCUT2D eigenvalue weighted by molar-refractivity contribution is 7.22. The Bertz CT molecular complexity index is 979. The monoisotopic (exact) mass is 361 g/mol. The van der Waals surface area contributed by atoms with Gasteiger partial charge in [-0.15, -0.1) is 0 Å². The Morgan fingerprint density at radius 2 is 1.78 bits per heavy atom. The lowest BCUT2D eigenvalue weighted by atomic mass is 10.1. The lowest BCUT2D eigenvalue weighted by molar-refractivity contribution is 0.452. The Morgan fingerprint density at radius 3 is 2.57 bits per heavy atom. The van der Waals surface area contributed by atoms with Crippen molar-refractivity contribution in [2.24, 2.45) is 0 Å². The fraction of sp³-hybridized carbons (Fsp3) is 0. The minimum atomic E-state index is 0.487. The summed E-state index contributed by atoms with van der Waals surface area (Å²) in [7, 11) is 0. The first-order chi connectivity index (χ1) is 11.2. The molecule has 0 saturated heterocycles. The minimum Gasteiger partial charge on any atom is -0.334 e. The van der Waals surface area contributed by atoms with E-state index in [-0.39, 0.29) is 0 Å². The van der Waals surface area contributed by atoms with E-state index in [1.165, 1.54) is 11.3 Å². The number of nitrogens with one attached hydrogen (secondary N) is 1. The molecule has 23 heavy (non-hydrogen) atoms. The van der Waals surface area contributed by atoms with Crippen LogP contribution < -0.4 is 5.32 Å². The molecule has 0 atom stereocenters. The highest BCUT2D eigenvalue weighted by Gasteiger charge is 2.17. The molecular formula is C16H9Cl2N3OS. The largest absolute Gasteiger partial charge is 0.334 e. The van der Waals surface area contributed by atoms with E-state index in [1.54, 1.807) is 0 Å². The molecule has 4 nitrogen and oxygen atoms in total. The summed E-state index contributed by atoms with van der Waals surface area (Å²) in [5.74, 6) is 0. The lowest BCUT2D eigenvalue weighted by Crippen LogP contribution is -1.88. The number of hydrogen-bond acceptors (Lipinski definition) is 5. The third-order valence-electron chi connectivity index (χ3n) is 3.26. The number of benzene rings is 2. The van der Waals surface area contributed by atoms with Crippen LogP contribution in [-0.4, -0.2) is 10.1 Å². The summed E-state index contributed by atoms with van der Waals surface area (Å²) < 4.78 is 6.18. The molecule has 0 aliphatic rings. The highest BCUT2D eigenvalue weighted by Crippen LogP contribution is 2.38. The van der Waals surface area contributed by atoms with Crippen LogP contribution in [0.2, 0.25) is 10.0 Å². The second-order valence-electron chi connectivity index (χ2n) is 4.80. The van der Waals surface area contributed by atoms with E-state index in [0.29, 0.717) is 21.5 Å². The molecule has 0 unspecified atom stereocenters. The molecule has 0 fully saturated rings. The first kappa shape index (κ1) is 14.5. The van der Waals surface area contributed by atoms with Crippen LogP contribution in [0, 0.1) is 0 Å². The van der Waals surface area contributed by atoms with Crippen molar-refractivity contribution < 1.29 is 4.52 Å². The number of halogens is 2. The molecular weight excluding hydrogens is 353 g/mol. The molecule has 0 radical (unpaired) electrons. The fourth-order valence-electron chi connectivity index (χ4n) is 2.18. The molecule has 0 aliphatic carbocycles. The summed E-state index contributed by atoms with van der Waals surface area (Å²) in [6.45, 7) is 0. The van der Waals surface area contributed by atoms with Gasteiger partial charge in [-0.2, -0.15) is 4.98 Å². The summed E-state index contributed by atoms with van der Waals surface area (Å²) >= 11 is 13.6. The first-order valence-electron chi connectivity index (χ1n) is 6.74. The molecule has 0 saturated carbocycles. The lowest BCUT2D eigenvalue weighted by Gasteiger charge is -2.01. The Morgan fingerprint density at radius 1 is 1.00 bits per heavy atom. The van der Waals surface area contributed by atoms with Gasteiger partial charge in [0.1, 0.15) is 10.4 Å². The first-order valence-corrected chi connectivity index (χ1v) is 8.31. The van der Waals surface area contributed by atoms with Gasteiger partial charge in [0.25, 0.3) is 5.71 Å². The summed E-state index contributed by atoms with van der Waals surface area (Å²) in [4.78, 5) is 4.41. The highest BCUT2D eigenvalue weighted by atomic mass is 35.5. The van der Waals surface area contributed by atoms with Crippen LogP contribution in [-0.2, 0) is 0 Å². The van der Waals surface area contributed by atoms with Gasteiger partial charge >= 0.3 is 0 Å². The van der Waals surface area contributed by atoms with Crippen molar-refractivity contribution in [2.75, 3.05) is 5.32 Å². The molecule has 2 heterocycles. The van der Waals surface area contributed by atoms with Crippen LogP contribution in [0.1, 0.15) is 0 Å². The number of anilines is 2. The van der Waals surface area contributed by atoms with Crippen molar-refractivity contribution in [3.05, 3.63) is 58.6 Å². The van der Waals surface area contributed by atoms with Gasteiger partial charge in [-0.05, 0) is 30.3 Å². The number of thiazole rings is 1. The standard InChI is InChI=1S/C16H9Cl2N3OS/c17-9-5-7-10(8-6-9)19-16-20-15-14(23-16)13(21-22-15)11-3-1-2-4-12(11)18/h1-8H,(H,19,20). The van der Waals surface area contributed by atoms with Crippen LogP contribution in [0.4, 0.5) is 10.8 Å². The molecule has 2 aromatic carbocycles. The summed E-state index contributed by atoms with van der Waals surface area (Å²) in [6, 6.07) is 14.9. The van der Waals surface area contributed by atoms with Crippen LogP contribution in [0.15, 0.2) is 53.1 Å². The van der Waals surface area contributed by atoms with Crippen LogP contribution in [0.5, 0.6) is 0 Å². The van der Waals surface area contributed by atoms with E-state index in [1.807, 2.05) is 48.5 Å². The molecule has 4 aromatic rings. The van der Waals surface area contributed by atoms with Crippen molar-refractivity contribution in [1.82, 2.24) is 10.1 Å². The summed E-state index contributed by atoms with van der Waals surface area (Å²) in [6.07, 6.45) is 0. The third kappa shape index (κ3) is 2.79. The van der Waals surface area contributed by atoms with Gasteiger partial charge in [0.05, 0.1) is 5.02 Å². The summed E-state index contributed by atoms with van der Waals surface area (Å²) in [5, 5.41) is 9.35. The van der Waals surface area contributed by atoms with Gasteiger partial charge < -0.3 is 9.84 Å². The molecule has 4 rings (SSSR count). The zero-order chi connectivity index (χ0) is 15.8. The molecule has 0 bridgehead atoms. The zero-order valence-corrected chi connectivity index (χ0v) is 13.9. The van der Waals surface area contributed by atoms with Gasteiger partial charge in [0.15, 0.2) is 5.13 Å². The number of fused-ring (bicyclic) bond motifs is 1. The van der Waals surface area contributed by atoms with Crippen LogP contribution in [0.3, 0.4) is 0 Å². The average Bonchev–Trinajstić information content (AvgIpc) is 3.10. The number of nitrogens with zero attached hydrogens (tertiary/aromatic N) is 2. The quantitative estimate of drug-likeness (QED) is 0.485. The van der Waals surface area contributed by atoms with E-state index in [9.17, 15) is 0 Å². The third-order valence-corrected chi connectivity index (χ3v) is 4.80. The minimum absolute atomic E-state index is 0.487. The second-order valence-corrected chi connectivity index (χ2v) is 6.64. The zero-order valence-electron chi connectivity index (χ0n) is 11.6. The van der Waals surface area contributed by atoms with Crippen molar-refractivity contribution in [2.45, 2.75) is 0 Å². The molecule has 0 amide bonds. The SMILES string of the molecule is Clc1ccc(Nc2nc3onc(-c4ccccc4Cl)c3s2)cc1. The Labute approximate surface area is 145 Å². The molecule has 2 aromatic heterocycles. The van der Waals surface area contributed by atoms with E-state index in [4.69, 9.17) is 27.7 Å². The van der Waals surface area contributed by atoms with Crippen LogP contribution in [0.25, 0.3) is 21.7 Å². The van der Waals surface area contributed by atoms with Crippen molar-refractivity contribution >= 4 is 55.8 Å².